The molecule has 0 aliphatic rings. The number of aromatic nitrogens is 2. The highest BCUT2D eigenvalue weighted by atomic mass is 19.4. The van der Waals surface area contributed by atoms with Crippen molar-refractivity contribution in [3.63, 3.8) is 0 Å². The van der Waals surface area contributed by atoms with Crippen molar-refractivity contribution in [3.05, 3.63) is 53.6 Å². The Morgan fingerprint density at radius 2 is 1.71 bits per heavy atom. The van der Waals surface area contributed by atoms with E-state index in [2.05, 4.69) is 9.97 Å². The number of H-pyrrole nitrogens is 1. The van der Waals surface area contributed by atoms with Gasteiger partial charge in [0.05, 0.1) is 22.2 Å². The van der Waals surface area contributed by atoms with Crippen molar-refractivity contribution >= 4 is 11.0 Å². The minimum Gasteiger partial charge on any atom is -0.338 e. The molecule has 1 heterocycles. The fraction of sp³-hybridized carbons (Fsp3) is 0.0714. The third-order valence-electron chi connectivity index (χ3n) is 2.99. The van der Waals surface area contributed by atoms with Gasteiger partial charge in [0.25, 0.3) is 0 Å². The van der Waals surface area contributed by atoms with Crippen molar-refractivity contribution < 1.29 is 22.0 Å². The van der Waals surface area contributed by atoms with E-state index in [1.54, 1.807) is 0 Å². The number of benzene rings is 2. The second-order valence-corrected chi connectivity index (χ2v) is 4.44. The third-order valence-corrected chi connectivity index (χ3v) is 2.99. The fourth-order valence-electron chi connectivity index (χ4n) is 1.99. The first-order chi connectivity index (χ1) is 9.84. The molecule has 0 radical (unpaired) electrons. The zero-order valence-corrected chi connectivity index (χ0v) is 10.3. The van der Waals surface area contributed by atoms with Crippen LogP contribution in [-0.2, 0) is 6.18 Å². The second-order valence-electron chi connectivity index (χ2n) is 4.44. The van der Waals surface area contributed by atoms with Gasteiger partial charge < -0.3 is 4.98 Å². The zero-order valence-electron chi connectivity index (χ0n) is 10.3. The lowest BCUT2D eigenvalue weighted by atomic mass is 10.1. The first-order valence-corrected chi connectivity index (χ1v) is 5.87. The van der Waals surface area contributed by atoms with Crippen LogP contribution >= 0.6 is 0 Å². The normalized spacial score (nSPS) is 12.0. The summed E-state index contributed by atoms with van der Waals surface area (Å²) in [7, 11) is 0. The van der Waals surface area contributed by atoms with Crippen LogP contribution in [0.2, 0.25) is 0 Å². The molecule has 0 atom stereocenters. The van der Waals surface area contributed by atoms with Gasteiger partial charge in [0.15, 0.2) is 0 Å². The average Bonchev–Trinajstić information content (AvgIpc) is 2.80. The molecule has 3 rings (SSSR count). The van der Waals surface area contributed by atoms with E-state index >= 15 is 0 Å². The Labute approximate surface area is 115 Å². The maximum Gasteiger partial charge on any atom is 0.416 e. The van der Waals surface area contributed by atoms with Gasteiger partial charge in [-0.2, -0.15) is 13.2 Å². The van der Waals surface area contributed by atoms with Gasteiger partial charge in [-0.25, -0.2) is 13.8 Å². The molecule has 0 aliphatic carbocycles. The summed E-state index contributed by atoms with van der Waals surface area (Å²) in [6, 6.07) is 5.71. The van der Waals surface area contributed by atoms with E-state index in [4.69, 9.17) is 0 Å². The Hall–Kier alpha value is -2.44. The highest BCUT2D eigenvalue weighted by Crippen LogP contribution is 2.33. The van der Waals surface area contributed by atoms with Crippen molar-refractivity contribution in [2.24, 2.45) is 0 Å². The van der Waals surface area contributed by atoms with Crippen molar-refractivity contribution in [2.75, 3.05) is 0 Å². The first kappa shape index (κ1) is 13.5. The predicted octanol–water partition coefficient (Wildman–Crippen LogP) is 4.53. The van der Waals surface area contributed by atoms with Crippen molar-refractivity contribution in [1.29, 1.82) is 0 Å². The summed E-state index contributed by atoms with van der Waals surface area (Å²) in [6.07, 6.45) is -4.58. The number of fused-ring (bicyclic) bond motifs is 1. The number of imidazole rings is 1. The van der Waals surface area contributed by atoms with Crippen LogP contribution in [0, 0.1) is 11.6 Å². The topological polar surface area (TPSA) is 28.7 Å². The van der Waals surface area contributed by atoms with E-state index in [-0.39, 0.29) is 16.9 Å². The first-order valence-electron chi connectivity index (χ1n) is 5.87. The predicted molar refractivity (Wildman–Crippen MR) is 66.4 cm³/mol. The molecule has 2 aromatic carbocycles. The number of halogens is 5. The number of aromatic amines is 1. The molecule has 0 unspecified atom stereocenters. The maximum absolute atomic E-state index is 13.7. The highest BCUT2D eigenvalue weighted by molar-refractivity contribution is 5.79. The quantitative estimate of drug-likeness (QED) is 0.657. The minimum atomic E-state index is -4.58. The van der Waals surface area contributed by atoms with E-state index < -0.39 is 23.4 Å². The van der Waals surface area contributed by atoms with E-state index in [1.165, 1.54) is 6.07 Å². The number of alkyl halides is 3. The molecule has 1 aromatic heterocycles. The average molecular weight is 298 g/mol. The van der Waals surface area contributed by atoms with Gasteiger partial charge in [0.1, 0.15) is 17.5 Å². The van der Waals surface area contributed by atoms with Gasteiger partial charge in [-0.05, 0) is 36.4 Å². The smallest absolute Gasteiger partial charge is 0.338 e. The number of nitrogens with one attached hydrogen (secondary N) is 1. The Morgan fingerprint density at radius 1 is 0.952 bits per heavy atom. The number of hydrogen-bond acceptors (Lipinski definition) is 1. The van der Waals surface area contributed by atoms with Crippen LogP contribution in [0.4, 0.5) is 22.0 Å². The van der Waals surface area contributed by atoms with E-state index in [1.807, 2.05) is 0 Å². The Bertz CT molecular complexity index is 820. The maximum atomic E-state index is 13.7. The lowest BCUT2D eigenvalue weighted by molar-refractivity contribution is -0.137. The fourth-order valence-corrected chi connectivity index (χ4v) is 1.99. The van der Waals surface area contributed by atoms with E-state index in [0.717, 1.165) is 18.2 Å². The molecule has 2 nitrogen and oxygen atoms in total. The monoisotopic (exact) mass is 298 g/mol. The zero-order chi connectivity index (χ0) is 15.2. The Kier molecular flexibility index (Phi) is 2.93. The molecule has 1 N–H and O–H groups in total. The summed E-state index contributed by atoms with van der Waals surface area (Å²) in [5, 5.41) is 0. The lowest BCUT2D eigenvalue weighted by Crippen LogP contribution is -2.05. The minimum absolute atomic E-state index is 0.0841. The summed E-state index contributed by atoms with van der Waals surface area (Å²) in [6.45, 7) is 0. The molecule has 0 bridgehead atoms. The largest absolute Gasteiger partial charge is 0.416 e. The molecule has 21 heavy (non-hydrogen) atoms. The van der Waals surface area contributed by atoms with Gasteiger partial charge in [-0.15, -0.1) is 0 Å². The molecule has 0 fully saturated rings. The summed E-state index contributed by atoms with van der Waals surface area (Å²) >= 11 is 0. The van der Waals surface area contributed by atoms with Crippen molar-refractivity contribution in [1.82, 2.24) is 9.97 Å². The highest BCUT2D eigenvalue weighted by Gasteiger charge is 2.31. The molecule has 0 amide bonds. The Balaban J connectivity index is 2.17. The summed E-state index contributed by atoms with van der Waals surface area (Å²) in [5.41, 5.74) is -0.683. The molecule has 0 saturated carbocycles. The SMILES string of the molecule is Fc1ccc2nc(-c3cc(C(F)(F)F)ccc3F)[nH]c2c1. The van der Waals surface area contributed by atoms with Crippen molar-refractivity contribution in [3.8, 4) is 11.4 Å². The number of hydrogen-bond donors (Lipinski definition) is 1. The van der Waals surface area contributed by atoms with Crippen LogP contribution < -0.4 is 0 Å². The van der Waals surface area contributed by atoms with Crippen LogP contribution in [0.1, 0.15) is 5.56 Å². The van der Waals surface area contributed by atoms with Crippen LogP contribution in [0.3, 0.4) is 0 Å². The molecule has 7 heteroatoms. The number of rotatable bonds is 1. The molecule has 3 aromatic rings. The van der Waals surface area contributed by atoms with Crippen LogP contribution in [-0.4, -0.2) is 9.97 Å². The molecule has 0 aliphatic heterocycles. The molecule has 0 saturated heterocycles. The summed E-state index contributed by atoms with van der Waals surface area (Å²) < 4.78 is 64.8. The third kappa shape index (κ3) is 2.46. The standard InChI is InChI=1S/C14H7F5N2/c15-8-2-4-11-12(6-8)21-13(20-11)9-5-7(14(17,18)19)1-3-10(9)16/h1-6H,(H,20,21). The van der Waals surface area contributed by atoms with Crippen LogP contribution in [0.5, 0.6) is 0 Å². The number of nitrogens with zero attached hydrogens (tertiary/aromatic N) is 1. The van der Waals surface area contributed by atoms with E-state index in [0.29, 0.717) is 17.6 Å². The molecule has 0 spiro atoms. The molecular formula is C14H7F5N2. The van der Waals surface area contributed by atoms with Gasteiger partial charge in [-0.1, -0.05) is 0 Å². The van der Waals surface area contributed by atoms with Crippen LogP contribution in [0.15, 0.2) is 36.4 Å². The van der Waals surface area contributed by atoms with Crippen molar-refractivity contribution in [2.45, 2.75) is 6.18 Å². The van der Waals surface area contributed by atoms with E-state index in [9.17, 15) is 22.0 Å². The summed E-state index contributed by atoms with van der Waals surface area (Å²) in [4.78, 5) is 6.59. The van der Waals surface area contributed by atoms with Gasteiger partial charge in [-0.3, -0.25) is 0 Å². The van der Waals surface area contributed by atoms with Crippen LogP contribution in [0.25, 0.3) is 22.4 Å². The summed E-state index contributed by atoms with van der Waals surface area (Å²) in [5.74, 6) is -1.45. The van der Waals surface area contributed by atoms with Gasteiger partial charge in [0.2, 0.25) is 0 Å². The van der Waals surface area contributed by atoms with Gasteiger partial charge in [0, 0.05) is 0 Å². The lowest BCUT2D eigenvalue weighted by Gasteiger charge is -2.08. The Morgan fingerprint density at radius 3 is 2.43 bits per heavy atom. The molecular weight excluding hydrogens is 291 g/mol. The second kappa shape index (κ2) is 4.54. The van der Waals surface area contributed by atoms with Gasteiger partial charge >= 0.3 is 6.18 Å². The molecule has 108 valence electrons.